The van der Waals surface area contributed by atoms with Crippen LogP contribution in [-0.4, -0.2) is 47.5 Å². The SMILES string of the molecule is CN(CCc1ccccn1)C(=O)N1CCCC1. The Bertz CT molecular complexity index is 360. The van der Waals surface area contributed by atoms with Gasteiger partial charge in [0.25, 0.3) is 0 Å². The molecule has 2 heterocycles. The number of pyridine rings is 1. The van der Waals surface area contributed by atoms with Crippen LogP contribution in [0.15, 0.2) is 24.4 Å². The van der Waals surface area contributed by atoms with Crippen LogP contribution in [0.4, 0.5) is 4.79 Å². The van der Waals surface area contributed by atoms with Gasteiger partial charge in [-0.05, 0) is 25.0 Å². The van der Waals surface area contributed by atoms with Crippen LogP contribution in [0.2, 0.25) is 0 Å². The number of carbonyl (C=O) groups is 1. The van der Waals surface area contributed by atoms with Crippen molar-refractivity contribution in [1.82, 2.24) is 14.8 Å². The maximum atomic E-state index is 12.0. The van der Waals surface area contributed by atoms with Crippen LogP contribution in [0, 0.1) is 0 Å². The summed E-state index contributed by atoms with van der Waals surface area (Å²) in [6, 6.07) is 6.03. The number of carbonyl (C=O) groups excluding carboxylic acids is 1. The van der Waals surface area contributed by atoms with E-state index in [4.69, 9.17) is 0 Å². The second kappa shape index (κ2) is 5.66. The lowest BCUT2D eigenvalue weighted by Gasteiger charge is -2.24. The van der Waals surface area contributed by atoms with E-state index in [1.165, 1.54) is 0 Å². The van der Waals surface area contributed by atoms with Gasteiger partial charge in [0.05, 0.1) is 0 Å². The van der Waals surface area contributed by atoms with Gasteiger partial charge in [-0.2, -0.15) is 0 Å². The fourth-order valence-corrected chi connectivity index (χ4v) is 2.07. The van der Waals surface area contributed by atoms with Crippen LogP contribution in [0.3, 0.4) is 0 Å². The minimum absolute atomic E-state index is 0.151. The minimum Gasteiger partial charge on any atom is -0.327 e. The van der Waals surface area contributed by atoms with E-state index in [0.717, 1.165) is 44.6 Å². The normalized spacial score (nSPS) is 15.0. The highest BCUT2D eigenvalue weighted by Crippen LogP contribution is 2.10. The van der Waals surface area contributed by atoms with E-state index in [0.29, 0.717) is 0 Å². The van der Waals surface area contributed by atoms with Gasteiger partial charge >= 0.3 is 6.03 Å². The maximum absolute atomic E-state index is 12.0. The highest BCUT2D eigenvalue weighted by molar-refractivity contribution is 5.74. The molecule has 1 aliphatic heterocycles. The molecule has 92 valence electrons. The summed E-state index contributed by atoms with van der Waals surface area (Å²) in [5.41, 5.74) is 1.04. The van der Waals surface area contributed by atoms with Crippen LogP contribution in [0.25, 0.3) is 0 Å². The number of likely N-dealkylation sites (tertiary alicyclic amines) is 1. The fourth-order valence-electron chi connectivity index (χ4n) is 2.07. The van der Waals surface area contributed by atoms with E-state index in [-0.39, 0.29) is 6.03 Å². The topological polar surface area (TPSA) is 36.4 Å². The van der Waals surface area contributed by atoms with Gasteiger partial charge in [0.15, 0.2) is 0 Å². The molecule has 1 aliphatic rings. The monoisotopic (exact) mass is 233 g/mol. The highest BCUT2D eigenvalue weighted by atomic mass is 16.2. The molecule has 17 heavy (non-hydrogen) atoms. The quantitative estimate of drug-likeness (QED) is 0.797. The molecule has 0 radical (unpaired) electrons. The second-order valence-electron chi connectivity index (χ2n) is 4.47. The van der Waals surface area contributed by atoms with Gasteiger partial charge in [-0.1, -0.05) is 6.07 Å². The zero-order chi connectivity index (χ0) is 12.1. The lowest BCUT2D eigenvalue weighted by atomic mass is 10.2. The number of hydrogen-bond acceptors (Lipinski definition) is 2. The number of urea groups is 1. The first-order valence-electron chi connectivity index (χ1n) is 6.17. The Morgan fingerprint density at radius 3 is 2.82 bits per heavy atom. The average Bonchev–Trinajstić information content (AvgIpc) is 2.90. The molecule has 1 saturated heterocycles. The molecule has 4 nitrogen and oxygen atoms in total. The highest BCUT2D eigenvalue weighted by Gasteiger charge is 2.20. The summed E-state index contributed by atoms with van der Waals surface area (Å²) in [7, 11) is 1.86. The van der Waals surface area contributed by atoms with E-state index < -0.39 is 0 Å². The third-order valence-corrected chi connectivity index (χ3v) is 3.13. The van der Waals surface area contributed by atoms with Gasteiger partial charge in [0.1, 0.15) is 0 Å². The molecule has 0 aliphatic carbocycles. The Hall–Kier alpha value is -1.58. The summed E-state index contributed by atoms with van der Waals surface area (Å²) in [6.45, 7) is 2.55. The van der Waals surface area contributed by atoms with Crippen molar-refractivity contribution in [2.24, 2.45) is 0 Å². The van der Waals surface area contributed by atoms with Gasteiger partial charge in [-0.25, -0.2) is 4.79 Å². The number of amides is 2. The molecule has 0 unspecified atom stereocenters. The minimum atomic E-state index is 0.151. The Labute approximate surface area is 102 Å². The Balaban J connectivity index is 1.80. The Morgan fingerprint density at radius 2 is 2.18 bits per heavy atom. The fraction of sp³-hybridized carbons (Fsp3) is 0.538. The smallest absolute Gasteiger partial charge is 0.319 e. The van der Waals surface area contributed by atoms with E-state index in [1.807, 2.05) is 30.1 Å². The second-order valence-corrected chi connectivity index (χ2v) is 4.47. The number of hydrogen-bond donors (Lipinski definition) is 0. The number of rotatable bonds is 3. The molecule has 1 aromatic heterocycles. The first-order chi connectivity index (χ1) is 8.27. The first kappa shape index (κ1) is 11.9. The molecule has 0 aromatic carbocycles. The predicted octanol–water partition coefficient (Wildman–Crippen LogP) is 1.77. The largest absolute Gasteiger partial charge is 0.327 e. The van der Waals surface area contributed by atoms with E-state index in [9.17, 15) is 4.79 Å². The van der Waals surface area contributed by atoms with Gasteiger partial charge in [0, 0.05) is 45.0 Å². The van der Waals surface area contributed by atoms with Crippen molar-refractivity contribution in [3.05, 3.63) is 30.1 Å². The molecule has 0 saturated carbocycles. The van der Waals surface area contributed by atoms with Crippen molar-refractivity contribution in [2.45, 2.75) is 19.3 Å². The van der Waals surface area contributed by atoms with Crippen molar-refractivity contribution in [3.63, 3.8) is 0 Å². The van der Waals surface area contributed by atoms with Crippen LogP contribution >= 0.6 is 0 Å². The van der Waals surface area contributed by atoms with Crippen LogP contribution in [0.1, 0.15) is 18.5 Å². The van der Waals surface area contributed by atoms with Crippen molar-refractivity contribution in [1.29, 1.82) is 0 Å². The Kier molecular flexibility index (Phi) is 3.96. The summed E-state index contributed by atoms with van der Waals surface area (Å²) in [4.78, 5) is 20.0. The summed E-state index contributed by atoms with van der Waals surface area (Å²) in [5, 5.41) is 0. The van der Waals surface area contributed by atoms with Gasteiger partial charge in [0.2, 0.25) is 0 Å². The molecule has 0 bridgehead atoms. The summed E-state index contributed by atoms with van der Waals surface area (Å²) in [6.07, 6.45) is 4.88. The third-order valence-electron chi connectivity index (χ3n) is 3.13. The molecule has 2 rings (SSSR count). The maximum Gasteiger partial charge on any atom is 0.319 e. The van der Waals surface area contributed by atoms with Crippen LogP contribution in [0.5, 0.6) is 0 Å². The van der Waals surface area contributed by atoms with Crippen molar-refractivity contribution in [2.75, 3.05) is 26.7 Å². The number of aromatic nitrogens is 1. The van der Waals surface area contributed by atoms with Gasteiger partial charge in [-0.15, -0.1) is 0 Å². The number of likely N-dealkylation sites (N-methyl/N-ethyl adjacent to an activating group) is 1. The average molecular weight is 233 g/mol. The van der Waals surface area contributed by atoms with Gasteiger partial charge in [-0.3, -0.25) is 4.98 Å². The Morgan fingerprint density at radius 1 is 1.41 bits per heavy atom. The van der Waals surface area contributed by atoms with Gasteiger partial charge < -0.3 is 9.80 Å². The van der Waals surface area contributed by atoms with E-state index in [1.54, 1.807) is 11.1 Å². The van der Waals surface area contributed by atoms with Crippen molar-refractivity contribution >= 4 is 6.03 Å². The van der Waals surface area contributed by atoms with Crippen LogP contribution in [-0.2, 0) is 6.42 Å². The first-order valence-corrected chi connectivity index (χ1v) is 6.17. The zero-order valence-corrected chi connectivity index (χ0v) is 10.3. The number of nitrogens with zero attached hydrogens (tertiary/aromatic N) is 3. The molecule has 0 atom stereocenters. The molecule has 0 N–H and O–H groups in total. The standard InChI is InChI=1S/C13H19N3O/c1-15(13(17)16-9-4-5-10-16)11-7-12-6-2-3-8-14-12/h2-3,6,8H,4-5,7,9-11H2,1H3. The lowest BCUT2D eigenvalue weighted by Crippen LogP contribution is -2.40. The van der Waals surface area contributed by atoms with E-state index >= 15 is 0 Å². The zero-order valence-electron chi connectivity index (χ0n) is 10.3. The predicted molar refractivity (Wildman–Crippen MR) is 66.8 cm³/mol. The molecule has 1 aromatic rings. The lowest BCUT2D eigenvalue weighted by molar-refractivity contribution is 0.173. The third kappa shape index (κ3) is 3.19. The molecular formula is C13H19N3O. The van der Waals surface area contributed by atoms with Crippen LogP contribution < -0.4 is 0 Å². The summed E-state index contributed by atoms with van der Waals surface area (Å²) < 4.78 is 0. The van der Waals surface area contributed by atoms with Crippen molar-refractivity contribution in [3.8, 4) is 0 Å². The van der Waals surface area contributed by atoms with E-state index in [2.05, 4.69) is 4.98 Å². The molecule has 1 fully saturated rings. The molecule has 4 heteroatoms. The summed E-state index contributed by atoms with van der Waals surface area (Å²) in [5.74, 6) is 0. The van der Waals surface area contributed by atoms with Crippen molar-refractivity contribution < 1.29 is 4.79 Å². The summed E-state index contributed by atoms with van der Waals surface area (Å²) >= 11 is 0. The molecular weight excluding hydrogens is 214 g/mol. The molecule has 2 amide bonds. The molecule has 0 spiro atoms.